The lowest BCUT2D eigenvalue weighted by molar-refractivity contribution is 0.631. The lowest BCUT2D eigenvalue weighted by Gasteiger charge is -2.19. The minimum atomic E-state index is -0.298. The van der Waals surface area contributed by atoms with Crippen LogP contribution in [0.3, 0.4) is 0 Å². The van der Waals surface area contributed by atoms with Crippen LogP contribution in [0.15, 0.2) is 35.1 Å². The van der Waals surface area contributed by atoms with Gasteiger partial charge in [-0.2, -0.15) is 0 Å². The third-order valence-corrected chi connectivity index (χ3v) is 3.27. The Balaban J connectivity index is 2.26. The molecular formula is C14H16BrFN4. The number of hydrogen-bond acceptors (Lipinski definition) is 4. The molecule has 0 saturated carbocycles. The molecule has 4 nitrogen and oxygen atoms in total. The van der Waals surface area contributed by atoms with Gasteiger partial charge < -0.3 is 10.6 Å². The van der Waals surface area contributed by atoms with Gasteiger partial charge in [0.25, 0.3) is 0 Å². The first kappa shape index (κ1) is 14.9. The fourth-order valence-corrected chi connectivity index (χ4v) is 2.25. The first-order chi connectivity index (χ1) is 9.47. The summed E-state index contributed by atoms with van der Waals surface area (Å²) in [4.78, 5) is 10.4. The summed E-state index contributed by atoms with van der Waals surface area (Å²) >= 11 is 3.33. The van der Waals surface area contributed by atoms with Crippen molar-refractivity contribution in [2.45, 2.75) is 13.0 Å². The first-order valence-corrected chi connectivity index (χ1v) is 7.01. The summed E-state index contributed by atoms with van der Waals surface area (Å²) < 4.78 is 14.6. The molecule has 0 aliphatic carbocycles. The summed E-state index contributed by atoms with van der Waals surface area (Å²) in [5.74, 6) is 0.273. The topological polar surface area (TPSA) is 55.0 Å². The van der Waals surface area contributed by atoms with E-state index in [1.165, 1.54) is 6.07 Å². The Morgan fingerprint density at radius 1 is 1.35 bits per heavy atom. The first-order valence-electron chi connectivity index (χ1n) is 6.21. The van der Waals surface area contributed by atoms with Crippen LogP contribution in [0.4, 0.5) is 10.3 Å². The van der Waals surface area contributed by atoms with Gasteiger partial charge in [-0.25, -0.2) is 14.4 Å². The smallest absolute Gasteiger partial charge is 0.225 e. The number of anilines is 1. The van der Waals surface area contributed by atoms with Crippen molar-refractivity contribution in [2.24, 2.45) is 5.73 Å². The van der Waals surface area contributed by atoms with Crippen LogP contribution in [0.2, 0.25) is 0 Å². The van der Waals surface area contributed by atoms with Crippen molar-refractivity contribution in [3.8, 4) is 11.1 Å². The maximum Gasteiger partial charge on any atom is 0.225 e. The van der Waals surface area contributed by atoms with Crippen LogP contribution in [-0.2, 0) is 0 Å². The second kappa shape index (κ2) is 6.28. The predicted molar refractivity (Wildman–Crippen MR) is 82.0 cm³/mol. The van der Waals surface area contributed by atoms with E-state index in [0.717, 1.165) is 4.47 Å². The molecule has 2 rings (SSSR count). The van der Waals surface area contributed by atoms with Crippen LogP contribution in [0.25, 0.3) is 11.1 Å². The van der Waals surface area contributed by atoms with Crippen LogP contribution in [0.5, 0.6) is 0 Å². The van der Waals surface area contributed by atoms with Crippen molar-refractivity contribution in [1.82, 2.24) is 9.97 Å². The highest BCUT2D eigenvalue weighted by molar-refractivity contribution is 9.10. The molecule has 1 atom stereocenters. The maximum atomic E-state index is 13.8. The standard InChI is InChI=1S/C14H16BrFN4/c1-9(17)8-20(2)14-18-6-10(7-19-14)12-5-11(15)3-4-13(12)16/h3-7,9H,8,17H2,1-2H3. The third-order valence-electron chi connectivity index (χ3n) is 2.78. The number of halogens is 2. The molecule has 0 bridgehead atoms. The van der Waals surface area contributed by atoms with E-state index in [-0.39, 0.29) is 11.9 Å². The Morgan fingerprint density at radius 2 is 2.00 bits per heavy atom. The minimum absolute atomic E-state index is 0.0331. The number of rotatable bonds is 4. The Morgan fingerprint density at radius 3 is 2.60 bits per heavy atom. The fourth-order valence-electron chi connectivity index (χ4n) is 1.89. The zero-order valence-electron chi connectivity index (χ0n) is 11.3. The number of benzene rings is 1. The molecule has 2 N–H and O–H groups in total. The lowest BCUT2D eigenvalue weighted by Crippen LogP contribution is -2.33. The van der Waals surface area contributed by atoms with E-state index < -0.39 is 0 Å². The zero-order valence-corrected chi connectivity index (χ0v) is 12.9. The SMILES string of the molecule is CC(N)CN(C)c1ncc(-c2cc(Br)ccc2F)cn1. The molecule has 106 valence electrons. The fraction of sp³-hybridized carbons (Fsp3) is 0.286. The third kappa shape index (κ3) is 3.52. The van der Waals surface area contributed by atoms with Gasteiger partial charge in [0.1, 0.15) is 5.82 Å². The van der Waals surface area contributed by atoms with Gasteiger partial charge in [-0.05, 0) is 25.1 Å². The van der Waals surface area contributed by atoms with E-state index in [9.17, 15) is 4.39 Å². The van der Waals surface area contributed by atoms with Gasteiger partial charge in [-0.3, -0.25) is 0 Å². The van der Waals surface area contributed by atoms with Gasteiger partial charge >= 0.3 is 0 Å². The molecule has 0 amide bonds. The second-order valence-electron chi connectivity index (χ2n) is 4.75. The maximum absolute atomic E-state index is 13.8. The lowest BCUT2D eigenvalue weighted by atomic mass is 10.1. The van der Waals surface area contributed by atoms with E-state index >= 15 is 0 Å². The summed E-state index contributed by atoms with van der Waals surface area (Å²) in [5, 5.41) is 0. The van der Waals surface area contributed by atoms with Crippen LogP contribution in [0.1, 0.15) is 6.92 Å². The normalized spacial score (nSPS) is 12.2. The van der Waals surface area contributed by atoms with E-state index in [1.807, 2.05) is 18.9 Å². The van der Waals surface area contributed by atoms with Gasteiger partial charge in [-0.1, -0.05) is 15.9 Å². The summed E-state index contributed by atoms with van der Waals surface area (Å²) in [6.45, 7) is 2.58. The van der Waals surface area contributed by atoms with Crippen molar-refractivity contribution >= 4 is 21.9 Å². The zero-order chi connectivity index (χ0) is 14.7. The summed E-state index contributed by atoms with van der Waals surface area (Å²) in [6.07, 6.45) is 3.23. The van der Waals surface area contributed by atoms with Crippen molar-refractivity contribution < 1.29 is 4.39 Å². The summed E-state index contributed by atoms with van der Waals surface area (Å²) in [7, 11) is 1.87. The molecule has 0 aliphatic heterocycles. The molecule has 6 heteroatoms. The van der Waals surface area contributed by atoms with Crippen LogP contribution in [-0.4, -0.2) is 29.6 Å². The summed E-state index contributed by atoms with van der Waals surface area (Å²) in [5.41, 5.74) is 6.85. The Kier molecular flexibility index (Phi) is 4.67. The van der Waals surface area contributed by atoms with Crippen molar-refractivity contribution in [1.29, 1.82) is 0 Å². The van der Waals surface area contributed by atoms with Gasteiger partial charge in [0.2, 0.25) is 5.95 Å². The van der Waals surface area contributed by atoms with Gasteiger partial charge in [0.05, 0.1) is 0 Å². The minimum Gasteiger partial charge on any atom is -0.342 e. The molecule has 1 aromatic carbocycles. The quantitative estimate of drug-likeness (QED) is 0.931. The van der Waals surface area contributed by atoms with E-state index in [2.05, 4.69) is 25.9 Å². The van der Waals surface area contributed by atoms with E-state index in [0.29, 0.717) is 23.6 Å². The highest BCUT2D eigenvalue weighted by Gasteiger charge is 2.10. The van der Waals surface area contributed by atoms with Gasteiger partial charge in [0, 0.05) is 47.6 Å². The van der Waals surface area contributed by atoms with E-state index in [4.69, 9.17) is 5.73 Å². The number of nitrogens with two attached hydrogens (primary N) is 1. The van der Waals surface area contributed by atoms with Crippen molar-refractivity contribution in [3.63, 3.8) is 0 Å². The van der Waals surface area contributed by atoms with Crippen LogP contribution < -0.4 is 10.6 Å². The van der Waals surface area contributed by atoms with E-state index in [1.54, 1.807) is 24.5 Å². The largest absolute Gasteiger partial charge is 0.342 e. The molecule has 20 heavy (non-hydrogen) atoms. The number of aromatic nitrogens is 2. The predicted octanol–water partition coefficient (Wildman–Crippen LogP) is 2.83. The van der Waals surface area contributed by atoms with Gasteiger partial charge in [-0.15, -0.1) is 0 Å². The Labute approximate surface area is 126 Å². The van der Waals surface area contributed by atoms with Crippen LogP contribution in [0, 0.1) is 5.82 Å². The average molecular weight is 339 g/mol. The molecule has 0 fully saturated rings. The highest BCUT2D eigenvalue weighted by atomic mass is 79.9. The van der Waals surface area contributed by atoms with Crippen molar-refractivity contribution in [2.75, 3.05) is 18.5 Å². The monoisotopic (exact) mass is 338 g/mol. The molecular weight excluding hydrogens is 323 g/mol. The van der Waals surface area contributed by atoms with Crippen LogP contribution >= 0.6 is 15.9 Å². The molecule has 1 heterocycles. The number of hydrogen-bond donors (Lipinski definition) is 1. The van der Waals surface area contributed by atoms with Gasteiger partial charge in [0.15, 0.2) is 0 Å². The van der Waals surface area contributed by atoms with Crippen molar-refractivity contribution in [3.05, 3.63) is 40.9 Å². The molecule has 2 aromatic rings. The highest BCUT2D eigenvalue weighted by Crippen LogP contribution is 2.25. The molecule has 0 aliphatic rings. The Hall–Kier alpha value is -1.53. The average Bonchev–Trinajstić information content (AvgIpc) is 2.41. The number of likely N-dealkylation sites (N-methyl/N-ethyl adjacent to an activating group) is 1. The molecule has 1 unspecified atom stereocenters. The summed E-state index contributed by atoms with van der Waals surface area (Å²) in [6, 6.07) is 4.81. The molecule has 0 saturated heterocycles. The number of nitrogens with zero attached hydrogens (tertiary/aromatic N) is 3. The molecule has 0 radical (unpaired) electrons. The molecule has 0 spiro atoms. The Bertz CT molecular complexity index is 586. The molecule has 1 aromatic heterocycles. The second-order valence-corrected chi connectivity index (χ2v) is 5.67.